The van der Waals surface area contributed by atoms with Gasteiger partial charge >= 0.3 is 5.97 Å². The van der Waals surface area contributed by atoms with Crippen LogP contribution in [0.5, 0.6) is 5.75 Å². The van der Waals surface area contributed by atoms with Crippen molar-refractivity contribution in [2.24, 2.45) is 4.99 Å². The van der Waals surface area contributed by atoms with Crippen LogP contribution in [-0.4, -0.2) is 31.0 Å². The van der Waals surface area contributed by atoms with E-state index in [1.54, 1.807) is 14.0 Å². The van der Waals surface area contributed by atoms with Crippen molar-refractivity contribution in [1.82, 2.24) is 0 Å². The predicted molar refractivity (Wildman–Crippen MR) is 68.6 cm³/mol. The van der Waals surface area contributed by atoms with Crippen molar-refractivity contribution in [2.45, 2.75) is 13.2 Å². The van der Waals surface area contributed by atoms with Gasteiger partial charge in [-0.05, 0) is 31.2 Å². The van der Waals surface area contributed by atoms with E-state index in [-0.39, 0.29) is 0 Å². The third kappa shape index (κ3) is 2.83. The molecule has 5 nitrogen and oxygen atoms in total. The van der Waals surface area contributed by atoms with Gasteiger partial charge in [0.05, 0.1) is 25.8 Å². The molecule has 1 heterocycles. The Kier molecular flexibility index (Phi) is 4.22. The maximum atomic E-state index is 11.4. The summed E-state index contributed by atoms with van der Waals surface area (Å²) in [5.41, 5.74) is 0.882. The molecule has 18 heavy (non-hydrogen) atoms. The van der Waals surface area contributed by atoms with Gasteiger partial charge in [0, 0.05) is 5.56 Å². The van der Waals surface area contributed by atoms with Gasteiger partial charge in [0.25, 0.3) is 6.23 Å². The van der Waals surface area contributed by atoms with Crippen LogP contribution in [0.4, 0.5) is 0 Å². The average molecular weight is 267 g/mol. The third-order valence-electron chi connectivity index (χ3n) is 2.28. The SMILES string of the molecule is CCOC(=O)C1N=C(c2ccc(OC)cc2)SO1. The van der Waals surface area contributed by atoms with E-state index in [2.05, 4.69) is 4.99 Å². The van der Waals surface area contributed by atoms with Gasteiger partial charge in [-0.1, -0.05) is 0 Å². The Labute approximate surface area is 109 Å². The quantitative estimate of drug-likeness (QED) is 0.617. The van der Waals surface area contributed by atoms with E-state index in [0.717, 1.165) is 23.4 Å². The Morgan fingerprint density at radius 3 is 2.78 bits per heavy atom. The topological polar surface area (TPSA) is 57.1 Å². The van der Waals surface area contributed by atoms with E-state index in [0.29, 0.717) is 11.7 Å². The van der Waals surface area contributed by atoms with Gasteiger partial charge in [0.2, 0.25) is 0 Å². The van der Waals surface area contributed by atoms with E-state index in [1.165, 1.54) is 0 Å². The molecule has 0 fully saturated rings. The Hall–Kier alpha value is -1.53. The van der Waals surface area contributed by atoms with Gasteiger partial charge in [-0.3, -0.25) is 4.18 Å². The molecule has 1 unspecified atom stereocenters. The van der Waals surface area contributed by atoms with Crippen molar-refractivity contribution >= 4 is 23.1 Å². The summed E-state index contributed by atoms with van der Waals surface area (Å²) in [6, 6.07) is 7.38. The monoisotopic (exact) mass is 267 g/mol. The molecule has 0 bridgehead atoms. The lowest BCUT2D eigenvalue weighted by atomic mass is 10.2. The molecular formula is C12H13NO4S. The summed E-state index contributed by atoms with van der Waals surface area (Å²) in [6.07, 6.45) is -0.868. The normalized spacial score (nSPS) is 18.3. The van der Waals surface area contributed by atoms with Crippen LogP contribution in [-0.2, 0) is 13.7 Å². The molecule has 1 aromatic rings. The lowest BCUT2D eigenvalue weighted by molar-refractivity contribution is -0.150. The molecule has 0 saturated heterocycles. The number of ether oxygens (including phenoxy) is 2. The van der Waals surface area contributed by atoms with E-state index in [9.17, 15) is 4.79 Å². The molecule has 0 aliphatic carbocycles. The van der Waals surface area contributed by atoms with Gasteiger partial charge in [-0.15, -0.1) is 0 Å². The van der Waals surface area contributed by atoms with Crippen molar-refractivity contribution in [3.8, 4) is 5.75 Å². The molecule has 1 atom stereocenters. The Morgan fingerprint density at radius 1 is 1.44 bits per heavy atom. The standard InChI is InChI=1S/C12H13NO4S/c1-3-16-12(14)10-13-11(18-17-10)8-4-6-9(15-2)7-5-8/h4-7,10H,3H2,1-2H3. The molecule has 0 aromatic heterocycles. The number of benzene rings is 1. The highest BCUT2D eigenvalue weighted by atomic mass is 32.2. The second-order valence-corrected chi connectivity index (χ2v) is 4.19. The first-order valence-electron chi connectivity index (χ1n) is 5.46. The Balaban J connectivity index is 2.09. The maximum absolute atomic E-state index is 11.4. The zero-order valence-corrected chi connectivity index (χ0v) is 10.9. The zero-order chi connectivity index (χ0) is 13.0. The van der Waals surface area contributed by atoms with Crippen molar-refractivity contribution in [1.29, 1.82) is 0 Å². The molecule has 1 aliphatic rings. The van der Waals surface area contributed by atoms with Crippen molar-refractivity contribution in [3.05, 3.63) is 29.8 Å². The summed E-state index contributed by atoms with van der Waals surface area (Å²) < 4.78 is 15.1. The number of esters is 1. The highest BCUT2D eigenvalue weighted by Crippen LogP contribution is 2.26. The van der Waals surface area contributed by atoms with Crippen molar-refractivity contribution < 1.29 is 18.5 Å². The number of carbonyl (C=O) groups is 1. The van der Waals surface area contributed by atoms with Crippen LogP contribution < -0.4 is 4.74 Å². The number of hydrogen-bond acceptors (Lipinski definition) is 6. The molecule has 1 aliphatic heterocycles. The number of rotatable bonds is 4. The van der Waals surface area contributed by atoms with Crippen LogP contribution in [0.15, 0.2) is 29.3 Å². The summed E-state index contributed by atoms with van der Waals surface area (Å²) in [4.78, 5) is 15.6. The number of nitrogens with zero attached hydrogens (tertiary/aromatic N) is 1. The molecule has 0 saturated carbocycles. The summed E-state index contributed by atoms with van der Waals surface area (Å²) in [5.74, 6) is 0.304. The summed E-state index contributed by atoms with van der Waals surface area (Å²) in [6.45, 7) is 2.06. The third-order valence-corrected chi connectivity index (χ3v) is 3.06. The maximum Gasteiger partial charge on any atom is 0.359 e. The minimum Gasteiger partial charge on any atom is -0.497 e. The minimum atomic E-state index is -0.868. The van der Waals surface area contributed by atoms with E-state index in [1.807, 2.05) is 24.3 Å². The van der Waals surface area contributed by atoms with Gasteiger partial charge in [0.1, 0.15) is 10.8 Å². The first kappa shape index (κ1) is 12.9. The first-order valence-corrected chi connectivity index (χ1v) is 6.21. The molecule has 0 amide bonds. The highest BCUT2D eigenvalue weighted by Gasteiger charge is 2.28. The van der Waals surface area contributed by atoms with E-state index in [4.69, 9.17) is 13.7 Å². The largest absolute Gasteiger partial charge is 0.497 e. The lowest BCUT2D eigenvalue weighted by Gasteiger charge is -2.03. The summed E-state index contributed by atoms with van der Waals surface area (Å²) >= 11 is 1.08. The zero-order valence-electron chi connectivity index (χ0n) is 10.1. The molecule has 6 heteroatoms. The van der Waals surface area contributed by atoms with Gasteiger partial charge in [-0.25, -0.2) is 9.79 Å². The van der Waals surface area contributed by atoms with Crippen molar-refractivity contribution in [2.75, 3.05) is 13.7 Å². The lowest BCUT2D eigenvalue weighted by Crippen LogP contribution is -2.20. The fourth-order valence-electron chi connectivity index (χ4n) is 1.40. The second-order valence-electron chi connectivity index (χ2n) is 3.45. The van der Waals surface area contributed by atoms with Gasteiger partial charge in [-0.2, -0.15) is 0 Å². The Morgan fingerprint density at radius 2 is 2.17 bits per heavy atom. The number of aliphatic imine (C=N–C) groups is 1. The van der Waals surface area contributed by atoms with Crippen LogP contribution in [0.3, 0.4) is 0 Å². The van der Waals surface area contributed by atoms with E-state index >= 15 is 0 Å². The molecule has 1 aromatic carbocycles. The highest BCUT2D eigenvalue weighted by molar-refractivity contribution is 8.10. The fraction of sp³-hybridized carbons (Fsp3) is 0.333. The smallest absolute Gasteiger partial charge is 0.359 e. The molecule has 2 rings (SSSR count). The minimum absolute atomic E-state index is 0.316. The second kappa shape index (κ2) is 5.88. The predicted octanol–water partition coefficient (Wildman–Crippen LogP) is 2.01. The fourth-order valence-corrected chi connectivity index (χ4v) is 2.08. The van der Waals surface area contributed by atoms with Gasteiger partial charge in [0.15, 0.2) is 0 Å². The molecule has 96 valence electrons. The number of hydrogen-bond donors (Lipinski definition) is 0. The van der Waals surface area contributed by atoms with Crippen LogP contribution >= 0.6 is 12.0 Å². The van der Waals surface area contributed by atoms with Gasteiger partial charge < -0.3 is 9.47 Å². The molecule has 0 radical (unpaired) electrons. The van der Waals surface area contributed by atoms with E-state index < -0.39 is 12.2 Å². The van der Waals surface area contributed by atoms with Crippen molar-refractivity contribution in [3.63, 3.8) is 0 Å². The number of carbonyl (C=O) groups excluding carboxylic acids is 1. The molecular weight excluding hydrogens is 254 g/mol. The summed E-state index contributed by atoms with van der Waals surface area (Å²) in [7, 11) is 1.61. The van der Waals surface area contributed by atoms with Crippen LogP contribution in [0, 0.1) is 0 Å². The van der Waals surface area contributed by atoms with Crippen LogP contribution in [0.25, 0.3) is 0 Å². The van der Waals surface area contributed by atoms with Crippen LogP contribution in [0.1, 0.15) is 12.5 Å². The molecule has 0 N–H and O–H groups in total. The summed E-state index contributed by atoms with van der Waals surface area (Å²) in [5, 5.41) is 0.663. The first-order chi connectivity index (χ1) is 8.74. The Bertz CT molecular complexity index is 458. The average Bonchev–Trinajstić information content (AvgIpc) is 2.89. The van der Waals surface area contributed by atoms with Crippen LogP contribution in [0.2, 0.25) is 0 Å². The molecule has 0 spiro atoms. The number of methoxy groups -OCH3 is 1.